The van der Waals surface area contributed by atoms with Gasteiger partial charge in [0.05, 0.1) is 10.9 Å². The minimum Gasteiger partial charge on any atom is -0.338 e. The van der Waals surface area contributed by atoms with Crippen molar-refractivity contribution in [3.8, 4) is 0 Å². The molecule has 2 N–H and O–H groups in total. The smallest absolute Gasteiger partial charge is 0.242 e. The number of rotatable bonds is 4. The lowest BCUT2D eigenvalue weighted by Crippen LogP contribution is -2.47. The maximum atomic E-state index is 13.0. The largest absolute Gasteiger partial charge is 0.338 e. The Labute approximate surface area is 139 Å². The lowest BCUT2D eigenvalue weighted by molar-refractivity contribution is -0.133. The molecule has 6 heteroatoms. The lowest BCUT2D eigenvalue weighted by Gasteiger charge is -2.29. The normalized spacial score (nSPS) is 26.2. The minimum atomic E-state index is -0.319. The minimum absolute atomic E-state index is 0.00866. The van der Waals surface area contributed by atoms with E-state index in [-0.39, 0.29) is 34.7 Å². The van der Waals surface area contributed by atoms with Crippen LogP contribution in [0.1, 0.15) is 32.4 Å². The molecule has 4 atom stereocenters. The third-order valence-electron chi connectivity index (χ3n) is 4.33. The van der Waals surface area contributed by atoms with Crippen LogP contribution in [0.3, 0.4) is 0 Å². The molecule has 1 saturated heterocycles. The summed E-state index contributed by atoms with van der Waals surface area (Å²) < 4.78 is 13.0. The molecule has 0 bridgehead atoms. The first kappa shape index (κ1) is 17.4. The summed E-state index contributed by atoms with van der Waals surface area (Å²) in [5.41, 5.74) is 7.18. The number of benzene rings is 1. The molecular weight excluding hydrogens is 349 g/mol. The van der Waals surface area contributed by atoms with Gasteiger partial charge in [-0.05, 0) is 30.5 Å². The maximum Gasteiger partial charge on any atom is 0.242 e. The summed E-state index contributed by atoms with van der Waals surface area (Å²) in [6, 6.07) is 6.03. The highest BCUT2D eigenvalue weighted by molar-refractivity contribution is 9.09. The molecule has 1 aromatic rings. The molecule has 1 aliphatic rings. The fourth-order valence-corrected chi connectivity index (χ4v) is 3.76. The van der Waals surface area contributed by atoms with Crippen LogP contribution in [-0.4, -0.2) is 34.8 Å². The zero-order chi connectivity index (χ0) is 16.4. The second-order valence-electron chi connectivity index (χ2n) is 6.16. The molecule has 122 valence electrons. The Hall–Kier alpha value is -0.980. The van der Waals surface area contributed by atoms with Gasteiger partial charge in [-0.2, -0.15) is 0 Å². The second kappa shape index (κ2) is 7.06. The zero-order valence-corrected chi connectivity index (χ0v) is 14.9. The molecule has 0 radical (unpaired) electrons. The van der Waals surface area contributed by atoms with E-state index >= 15 is 0 Å². The van der Waals surface area contributed by atoms with Crippen LogP contribution in [0.4, 0.5) is 4.39 Å². The topological polar surface area (TPSA) is 44.4 Å². The molecule has 1 aromatic carbocycles. The number of hydrogen-bond donors (Lipinski definition) is 2. The fraction of sp³-hybridized carbons (Fsp3) is 0.562. The third-order valence-corrected chi connectivity index (χ3v) is 5.43. The van der Waals surface area contributed by atoms with Crippen molar-refractivity contribution in [2.45, 2.75) is 43.7 Å². The van der Waals surface area contributed by atoms with Gasteiger partial charge in [0.2, 0.25) is 5.91 Å². The predicted octanol–water partition coefficient (Wildman–Crippen LogP) is 2.61. The van der Waals surface area contributed by atoms with Gasteiger partial charge in [0.25, 0.3) is 0 Å². The summed E-state index contributed by atoms with van der Waals surface area (Å²) in [7, 11) is 1.78. The molecule has 22 heavy (non-hydrogen) atoms. The van der Waals surface area contributed by atoms with E-state index in [1.165, 1.54) is 12.1 Å². The fourth-order valence-electron chi connectivity index (χ4n) is 2.66. The number of alkyl halides is 1. The maximum absolute atomic E-state index is 13.0. The van der Waals surface area contributed by atoms with Gasteiger partial charge >= 0.3 is 0 Å². The van der Waals surface area contributed by atoms with Crippen LogP contribution in [0.25, 0.3) is 0 Å². The molecular formula is C16H23BrFN3O. The van der Waals surface area contributed by atoms with E-state index in [4.69, 9.17) is 0 Å². The van der Waals surface area contributed by atoms with Crippen molar-refractivity contribution in [2.24, 2.45) is 5.92 Å². The third kappa shape index (κ3) is 3.50. The Morgan fingerprint density at radius 3 is 2.32 bits per heavy atom. The Bertz CT molecular complexity index is 523. The standard InChI is InChI=1S/C16H23BrFN3O/c1-9(2)14-13(17)15(20-19-14)16(22)21(4)10(3)11-5-7-12(18)8-6-11/h5-10,13-15,19-20H,1-4H3. The number of nitrogens with one attached hydrogen (secondary N) is 2. The highest BCUT2D eigenvalue weighted by Crippen LogP contribution is 2.26. The Morgan fingerprint density at radius 1 is 1.23 bits per heavy atom. The highest BCUT2D eigenvalue weighted by Gasteiger charge is 2.41. The average Bonchev–Trinajstić information content (AvgIpc) is 2.87. The van der Waals surface area contributed by atoms with Crippen molar-refractivity contribution < 1.29 is 9.18 Å². The Morgan fingerprint density at radius 2 is 1.82 bits per heavy atom. The molecule has 0 aliphatic carbocycles. The van der Waals surface area contributed by atoms with Gasteiger partial charge in [0.15, 0.2) is 0 Å². The molecule has 1 heterocycles. The Balaban J connectivity index is 2.07. The van der Waals surface area contributed by atoms with Crippen molar-refractivity contribution in [3.63, 3.8) is 0 Å². The van der Waals surface area contributed by atoms with Crippen LogP contribution < -0.4 is 10.9 Å². The lowest BCUT2D eigenvalue weighted by atomic mass is 9.98. The molecule has 4 nitrogen and oxygen atoms in total. The quantitative estimate of drug-likeness (QED) is 0.799. The van der Waals surface area contributed by atoms with E-state index in [1.807, 2.05) is 6.92 Å². The number of halogens is 2. The Kier molecular flexibility index (Phi) is 5.58. The highest BCUT2D eigenvalue weighted by atomic mass is 79.9. The van der Waals surface area contributed by atoms with Gasteiger partial charge in [0, 0.05) is 13.1 Å². The first-order chi connectivity index (χ1) is 10.3. The van der Waals surface area contributed by atoms with Crippen LogP contribution in [-0.2, 0) is 4.79 Å². The number of amides is 1. The van der Waals surface area contributed by atoms with E-state index in [1.54, 1.807) is 24.1 Å². The van der Waals surface area contributed by atoms with Crippen LogP contribution in [0.15, 0.2) is 24.3 Å². The number of carbonyl (C=O) groups is 1. The molecule has 1 fully saturated rings. The number of likely N-dealkylation sites (N-methyl/N-ethyl adjacent to an activating group) is 1. The summed E-state index contributed by atoms with van der Waals surface area (Å²) in [6.45, 7) is 6.17. The summed E-state index contributed by atoms with van der Waals surface area (Å²) in [5.74, 6) is 0.149. The van der Waals surface area contributed by atoms with Crippen molar-refractivity contribution >= 4 is 21.8 Å². The van der Waals surface area contributed by atoms with E-state index in [0.29, 0.717) is 5.92 Å². The van der Waals surface area contributed by atoms with Crippen LogP contribution in [0.5, 0.6) is 0 Å². The molecule has 0 saturated carbocycles. The van der Waals surface area contributed by atoms with Gasteiger partial charge in [-0.25, -0.2) is 9.82 Å². The SMILES string of the molecule is CC(C)C1NNC(C(=O)N(C)C(C)c2ccc(F)cc2)C1Br. The van der Waals surface area contributed by atoms with E-state index in [9.17, 15) is 9.18 Å². The second-order valence-corrected chi connectivity index (χ2v) is 7.21. The predicted molar refractivity (Wildman–Crippen MR) is 89.0 cm³/mol. The summed E-state index contributed by atoms with van der Waals surface area (Å²) in [5, 5.41) is 0. The number of hydrogen-bond acceptors (Lipinski definition) is 3. The molecule has 0 aromatic heterocycles. The molecule has 0 spiro atoms. The van der Waals surface area contributed by atoms with Gasteiger partial charge in [-0.1, -0.05) is 41.9 Å². The zero-order valence-electron chi connectivity index (χ0n) is 13.3. The van der Waals surface area contributed by atoms with Crippen molar-refractivity contribution in [3.05, 3.63) is 35.6 Å². The molecule has 4 unspecified atom stereocenters. The van der Waals surface area contributed by atoms with Crippen LogP contribution in [0.2, 0.25) is 0 Å². The molecule has 1 amide bonds. The van der Waals surface area contributed by atoms with E-state index < -0.39 is 0 Å². The first-order valence-corrected chi connectivity index (χ1v) is 8.41. The number of hydrazine groups is 1. The van der Waals surface area contributed by atoms with E-state index in [0.717, 1.165) is 5.56 Å². The average molecular weight is 372 g/mol. The number of carbonyl (C=O) groups excluding carboxylic acids is 1. The van der Waals surface area contributed by atoms with Gasteiger partial charge < -0.3 is 4.90 Å². The van der Waals surface area contributed by atoms with Crippen molar-refractivity contribution in [1.29, 1.82) is 0 Å². The summed E-state index contributed by atoms with van der Waals surface area (Å²) in [4.78, 5) is 14.5. The molecule has 2 rings (SSSR count). The van der Waals surface area contributed by atoms with Crippen LogP contribution >= 0.6 is 15.9 Å². The van der Waals surface area contributed by atoms with Gasteiger partial charge in [-0.3, -0.25) is 10.2 Å². The first-order valence-electron chi connectivity index (χ1n) is 7.50. The summed E-state index contributed by atoms with van der Waals surface area (Å²) >= 11 is 3.63. The van der Waals surface area contributed by atoms with Crippen molar-refractivity contribution in [2.75, 3.05) is 7.05 Å². The van der Waals surface area contributed by atoms with Gasteiger partial charge in [0.1, 0.15) is 11.9 Å². The van der Waals surface area contributed by atoms with E-state index in [2.05, 4.69) is 40.6 Å². The van der Waals surface area contributed by atoms with Crippen molar-refractivity contribution in [1.82, 2.24) is 15.8 Å². The summed E-state index contributed by atoms with van der Waals surface area (Å²) in [6.07, 6.45) is 0. The van der Waals surface area contributed by atoms with Gasteiger partial charge in [-0.15, -0.1) is 0 Å². The molecule has 1 aliphatic heterocycles. The monoisotopic (exact) mass is 371 g/mol. The van der Waals surface area contributed by atoms with Crippen LogP contribution in [0, 0.1) is 11.7 Å². The number of nitrogens with zero attached hydrogens (tertiary/aromatic N) is 1.